The fourth-order valence-corrected chi connectivity index (χ4v) is 4.16. The van der Waals surface area contributed by atoms with Crippen molar-refractivity contribution in [2.45, 2.75) is 39.2 Å². The molecule has 5 heteroatoms. The van der Waals surface area contributed by atoms with Gasteiger partial charge in [-0.1, -0.05) is 51.1 Å². The van der Waals surface area contributed by atoms with E-state index in [4.69, 9.17) is 11.6 Å². The monoisotopic (exact) mass is 317 g/mol. The maximum atomic E-state index is 12.2. The molecule has 0 radical (unpaired) electrons. The molecule has 0 amide bonds. The van der Waals surface area contributed by atoms with Crippen LogP contribution in [0.3, 0.4) is 0 Å². The largest absolute Gasteiger partial charge is 0.212 e. The van der Waals surface area contributed by atoms with E-state index in [1.165, 1.54) is 0 Å². The van der Waals surface area contributed by atoms with Gasteiger partial charge in [0.15, 0.2) is 0 Å². The highest BCUT2D eigenvalue weighted by atomic mass is 35.5. The van der Waals surface area contributed by atoms with Gasteiger partial charge in [-0.05, 0) is 23.8 Å². The summed E-state index contributed by atoms with van der Waals surface area (Å²) >= 11 is 5.74. The molecule has 0 heterocycles. The highest BCUT2D eigenvalue weighted by molar-refractivity contribution is 7.89. The van der Waals surface area contributed by atoms with E-state index in [-0.39, 0.29) is 23.6 Å². The summed E-state index contributed by atoms with van der Waals surface area (Å²) in [7, 11) is -3.30. The molecule has 3 nitrogen and oxygen atoms in total. The Hall–Kier alpha value is -0.580. The summed E-state index contributed by atoms with van der Waals surface area (Å²) in [6.45, 7) is 5.93. The molecule has 0 aliphatic rings. The van der Waals surface area contributed by atoms with Crippen LogP contribution in [0.2, 0.25) is 0 Å². The Morgan fingerprint density at radius 3 is 2.25 bits per heavy atom. The van der Waals surface area contributed by atoms with Crippen LogP contribution >= 0.6 is 11.6 Å². The van der Waals surface area contributed by atoms with Gasteiger partial charge in [-0.2, -0.15) is 0 Å². The normalized spacial score (nSPS) is 15.2. The Morgan fingerprint density at radius 1 is 1.15 bits per heavy atom. The van der Waals surface area contributed by atoms with Crippen LogP contribution < -0.4 is 4.72 Å². The van der Waals surface area contributed by atoms with E-state index in [9.17, 15) is 8.42 Å². The minimum absolute atomic E-state index is 0.0301. The molecule has 0 saturated carbocycles. The van der Waals surface area contributed by atoms with Crippen LogP contribution in [0.25, 0.3) is 0 Å². The van der Waals surface area contributed by atoms with Gasteiger partial charge in [-0.3, -0.25) is 0 Å². The van der Waals surface area contributed by atoms with E-state index in [0.717, 1.165) is 5.56 Å². The molecule has 0 spiro atoms. The predicted octanol–water partition coefficient (Wildman–Crippen LogP) is 3.36. The minimum Gasteiger partial charge on any atom is -0.212 e. The SMILES string of the molecule is CC(CS(=O)(=O)NC(CCCl)C(C)C)c1ccccc1. The molecule has 20 heavy (non-hydrogen) atoms. The van der Waals surface area contributed by atoms with Gasteiger partial charge in [-0.15, -0.1) is 11.6 Å². The highest BCUT2D eigenvalue weighted by Crippen LogP contribution is 2.17. The van der Waals surface area contributed by atoms with E-state index < -0.39 is 10.0 Å². The summed E-state index contributed by atoms with van der Waals surface area (Å²) in [5, 5.41) is 0. The summed E-state index contributed by atoms with van der Waals surface area (Å²) in [5.74, 6) is 0.760. The Bertz CT molecular complexity index is 488. The zero-order valence-electron chi connectivity index (χ0n) is 12.3. The maximum Gasteiger partial charge on any atom is 0.212 e. The van der Waals surface area contributed by atoms with Crippen molar-refractivity contribution >= 4 is 21.6 Å². The number of alkyl halides is 1. The second-order valence-electron chi connectivity index (χ2n) is 5.54. The first-order chi connectivity index (χ1) is 9.35. The molecule has 2 unspecified atom stereocenters. The van der Waals surface area contributed by atoms with E-state index in [1.54, 1.807) is 0 Å². The topological polar surface area (TPSA) is 46.2 Å². The zero-order valence-corrected chi connectivity index (χ0v) is 13.9. The van der Waals surface area contributed by atoms with Crippen LogP contribution in [-0.2, 0) is 10.0 Å². The number of halogens is 1. The lowest BCUT2D eigenvalue weighted by atomic mass is 10.0. The van der Waals surface area contributed by atoms with E-state index in [2.05, 4.69) is 4.72 Å². The van der Waals surface area contributed by atoms with Crippen molar-refractivity contribution in [3.8, 4) is 0 Å². The number of benzene rings is 1. The van der Waals surface area contributed by atoms with Crippen molar-refractivity contribution in [3.05, 3.63) is 35.9 Å². The van der Waals surface area contributed by atoms with Crippen molar-refractivity contribution in [2.75, 3.05) is 11.6 Å². The molecule has 114 valence electrons. The van der Waals surface area contributed by atoms with Crippen molar-refractivity contribution in [1.82, 2.24) is 4.72 Å². The molecule has 1 aromatic carbocycles. The highest BCUT2D eigenvalue weighted by Gasteiger charge is 2.22. The molecule has 2 atom stereocenters. The summed E-state index contributed by atoms with van der Waals surface area (Å²) < 4.78 is 27.3. The first kappa shape index (κ1) is 17.5. The fraction of sp³-hybridized carbons (Fsp3) is 0.600. The lowest BCUT2D eigenvalue weighted by molar-refractivity contribution is 0.438. The van der Waals surface area contributed by atoms with Crippen LogP contribution in [0.5, 0.6) is 0 Å². The number of rotatable bonds is 8. The molecule has 1 rings (SSSR count). The molecule has 0 fully saturated rings. The molecular weight excluding hydrogens is 294 g/mol. The second-order valence-corrected chi connectivity index (χ2v) is 7.72. The van der Waals surface area contributed by atoms with Gasteiger partial charge in [0.2, 0.25) is 10.0 Å². The van der Waals surface area contributed by atoms with Crippen molar-refractivity contribution in [1.29, 1.82) is 0 Å². The molecular formula is C15H24ClNO2S. The summed E-state index contributed by atoms with van der Waals surface area (Å²) in [6, 6.07) is 9.60. The van der Waals surface area contributed by atoms with Gasteiger partial charge in [0.1, 0.15) is 0 Å². The smallest absolute Gasteiger partial charge is 0.212 e. The molecule has 0 aliphatic heterocycles. The molecule has 0 saturated heterocycles. The summed E-state index contributed by atoms with van der Waals surface area (Å²) in [6.07, 6.45) is 0.651. The third kappa shape index (κ3) is 5.81. The van der Waals surface area contributed by atoms with Crippen LogP contribution in [0.15, 0.2) is 30.3 Å². The van der Waals surface area contributed by atoms with Crippen LogP contribution in [0, 0.1) is 5.92 Å². The Morgan fingerprint density at radius 2 is 1.75 bits per heavy atom. The standard InChI is InChI=1S/C15H24ClNO2S/c1-12(2)15(9-10-16)17-20(18,19)11-13(3)14-7-5-4-6-8-14/h4-8,12-13,15,17H,9-11H2,1-3H3. The zero-order chi connectivity index (χ0) is 15.2. The third-order valence-corrected chi connectivity index (χ3v) is 5.21. The van der Waals surface area contributed by atoms with Gasteiger partial charge in [0.25, 0.3) is 0 Å². The van der Waals surface area contributed by atoms with Gasteiger partial charge >= 0.3 is 0 Å². The number of hydrogen-bond acceptors (Lipinski definition) is 2. The fourth-order valence-electron chi connectivity index (χ4n) is 2.13. The first-order valence-corrected chi connectivity index (χ1v) is 9.15. The van der Waals surface area contributed by atoms with Crippen LogP contribution in [0.1, 0.15) is 38.7 Å². The average Bonchev–Trinajstić information content (AvgIpc) is 2.38. The van der Waals surface area contributed by atoms with E-state index in [0.29, 0.717) is 12.3 Å². The van der Waals surface area contributed by atoms with E-state index in [1.807, 2.05) is 51.1 Å². The number of hydrogen-bond donors (Lipinski definition) is 1. The van der Waals surface area contributed by atoms with Gasteiger partial charge in [-0.25, -0.2) is 13.1 Å². The lowest BCUT2D eigenvalue weighted by Crippen LogP contribution is -2.40. The molecule has 0 bridgehead atoms. The molecule has 0 aromatic heterocycles. The molecule has 1 aromatic rings. The second kappa shape index (κ2) is 8.01. The summed E-state index contributed by atoms with van der Waals surface area (Å²) in [4.78, 5) is 0. The average molecular weight is 318 g/mol. The Balaban J connectivity index is 2.69. The third-order valence-electron chi connectivity index (χ3n) is 3.39. The van der Waals surface area contributed by atoms with Gasteiger partial charge in [0.05, 0.1) is 5.75 Å². The van der Waals surface area contributed by atoms with Gasteiger partial charge < -0.3 is 0 Å². The number of sulfonamides is 1. The minimum atomic E-state index is -3.30. The quantitative estimate of drug-likeness (QED) is 0.747. The molecule has 0 aliphatic carbocycles. The lowest BCUT2D eigenvalue weighted by Gasteiger charge is -2.22. The maximum absolute atomic E-state index is 12.2. The van der Waals surface area contributed by atoms with Gasteiger partial charge in [0, 0.05) is 11.9 Å². The van der Waals surface area contributed by atoms with Crippen LogP contribution in [0.4, 0.5) is 0 Å². The predicted molar refractivity (Wildman–Crippen MR) is 85.7 cm³/mol. The van der Waals surface area contributed by atoms with Crippen molar-refractivity contribution in [3.63, 3.8) is 0 Å². The van der Waals surface area contributed by atoms with Crippen LogP contribution in [-0.4, -0.2) is 26.1 Å². The van der Waals surface area contributed by atoms with Crippen molar-refractivity contribution < 1.29 is 8.42 Å². The first-order valence-electron chi connectivity index (χ1n) is 6.96. The Kier molecular flexibility index (Phi) is 7.00. The molecule has 1 N–H and O–H groups in total. The van der Waals surface area contributed by atoms with E-state index >= 15 is 0 Å². The number of nitrogens with one attached hydrogen (secondary N) is 1. The van der Waals surface area contributed by atoms with Crippen molar-refractivity contribution in [2.24, 2.45) is 5.92 Å². The summed E-state index contributed by atoms with van der Waals surface area (Å²) in [5.41, 5.74) is 1.04. The Labute approximate surface area is 127 Å².